The number of aromatic hydroxyl groups is 1. The van der Waals surface area contributed by atoms with Crippen LogP contribution in [0.4, 0.5) is 16.2 Å². The van der Waals surface area contributed by atoms with Crippen molar-refractivity contribution in [3.8, 4) is 5.75 Å². The zero-order chi connectivity index (χ0) is 21.8. The molecule has 2 aromatic heterocycles. The van der Waals surface area contributed by atoms with Crippen molar-refractivity contribution in [1.29, 1.82) is 0 Å². The minimum Gasteiger partial charge on any atom is -0.508 e. The quantitative estimate of drug-likeness (QED) is 0.346. The van der Waals surface area contributed by atoms with Crippen LogP contribution in [-0.4, -0.2) is 37.2 Å². The van der Waals surface area contributed by atoms with Crippen LogP contribution in [0.2, 0.25) is 0 Å². The van der Waals surface area contributed by atoms with Crippen LogP contribution < -0.4 is 16.4 Å². The first-order valence-electron chi connectivity index (χ1n) is 9.97. The Kier molecular flexibility index (Phi) is 5.94. The third kappa shape index (κ3) is 4.89. The normalized spacial score (nSPS) is 12.1. The molecule has 0 aliphatic rings. The van der Waals surface area contributed by atoms with Crippen LogP contribution in [-0.2, 0) is 13.1 Å². The van der Waals surface area contributed by atoms with Gasteiger partial charge in [-0.1, -0.05) is 30.3 Å². The third-order valence-corrected chi connectivity index (χ3v) is 4.73. The number of rotatable bonds is 8. The van der Waals surface area contributed by atoms with Crippen molar-refractivity contribution >= 4 is 22.9 Å². The second kappa shape index (κ2) is 8.97. The summed E-state index contributed by atoms with van der Waals surface area (Å²) in [7, 11) is 0. The molecule has 0 amide bonds. The molecule has 0 aliphatic carbocycles. The fourth-order valence-corrected chi connectivity index (χ4v) is 3.17. The van der Waals surface area contributed by atoms with Gasteiger partial charge in [0.2, 0.25) is 5.95 Å². The van der Waals surface area contributed by atoms with E-state index < -0.39 is 5.82 Å². The van der Waals surface area contributed by atoms with Crippen LogP contribution in [0.5, 0.6) is 5.75 Å². The van der Waals surface area contributed by atoms with Crippen LogP contribution in [0, 0.1) is 5.82 Å². The zero-order valence-electron chi connectivity index (χ0n) is 17.1. The Balaban J connectivity index is 1.67. The summed E-state index contributed by atoms with van der Waals surface area (Å²) in [5.41, 5.74) is 8.62. The molecule has 4 aromatic rings. The molecule has 2 aromatic carbocycles. The summed E-state index contributed by atoms with van der Waals surface area (Å²) >= 11 is 0. The molecule has 8 nitrogen and oxygen atoms in total. The number of benzene rings is 2. The number of aromatic nitrogens is 4. The maximum Gasteiger partial charge on any atom is 0.226 e. The molecule has 0 fully saturated rings. The third-order valence-electron chi connectivity index (χ3n) is 4.73. The lowest BCUT2D eigenvalue weighted by Gasteiger charge is -2.12. The largest absolute Gasteiger partial charge is 0.508 e. The van der Waals surface area contributed by atoms with Gasteiger partial charge in [0, 0.05) is 24.7 Å². The summed E-state index contributed by atoms with van der Waals surface area (Å²) in [5, 5.41) is 16.3. The topological polar surface area (TPSA) is 114 Å². The highest BCUT2D eigenvalue weighted by atomic mass is 19.1. The van der Waals surface area contributed by atoms with Crippen molar-refractivity contribution < 1.29 is 9.50 Å². The van der Waals surface area contributed by atoms with E-state index in [-0.39, 0.29) is 18.3 Å². The van der Waals surface area contributed by atoms with Crippen molar-refractivity contribution in [3.05, 3.63) is 71.8 Å². The average Bonchev–Trinajstić information content (AvgIpc) is 3.16. The number of halogens is 1. The SMILES string of the molecule is CC(N)CNc1nc(NCc2cc(F)ccc2O)c2ncn(Cc3ccccc3)c2n1. The Bertz CT molecular complexity index is 1180. The van der Waals surface area contributed by atoms with Gasteiger partial charge in [0.25, 0.3) is 0 Å². The van der Waals surface area contributed by atoms with Gasteiger partial charge >= 0.3 is 0 Å². The molecule has 0 bridgehead atoms. The molecule has 0 saturated carbocycles. The molecule has 160 valence electrons. The summed E-state index contributed by atoms with van der Waals surface area (Å²) in [6.45, 7) is 3.17. The van der Waals surface area contributed by atoms with E-state index in [1.165, 1.54) is 18.2 Å². The van der Waals surface area contributed by atoms with Crippen LogP contribution in [0.1, 0.15) is 18.1 Å². The molecule has 5 N–H and O–H groups in total. The Labute approximate surface area is 179 Å². The lowest BCUT2D eigenvalue weighted by atomic mass is 10.2. The number of anilines is 2. The highest BCUT2D eigenvalue weighted by Crippen LogP contribution is 2.24. The number of imidazole rings is 1. The second-order valence-corrected chi connectivity index (χ2v) is 7.41. The highest BCUT2D eigenvalue weighted by Gasteiger charge is 2.15. The van der Waals surface area contributed by atoms with Gasteiger partial charge in [0.15, 0.2) is 17.0 Å². The molecule has 0 radical (unpaired) electrons. The van der Waals surface area contributed by atoms with Gasteiger partial charge in [-0.2, -0.15) is 9.97 Å². The minimum absolute atomic E-state index is 0.00381. The van der Waals surface area contributed by atoms with Crippen LogP contribution in [0.3, 0.4) is 0 Å². The number of nitrogens with one attached hydrogen (secondary N) is 2. The van der Waals surface area contributed by atoms with E-state index in [0.717, 1.165) is 5.56 Å². The summed E-state index contributed by atoms with van der Waals surface area (Å²) in [4.78, 5) is 13.6. The summed E-state index contributed by atoms with van der Waals surface area (Å²) in [6, 6.07) is 13.8. The molecule has 31 heavy (non-hydrogen) atoms. The van der Waals surface area contributed by atoms with Crippen molar-refractivity contribution in [3.63, 3.8) is 0 Å². The monoisotopic (exact) mass is 421 g/mol. The van der Waals surface area contributed by atoms with Gasteiger partial charge in [0.05, 0.1) is 12.9 Å². The average molecular weight is 421 g/mol. The number of nitrogens with two attached hydrogens (primary N) is 1. The van der Waals surface area contributed by atoms with Gasteiger partial charge in [-0.25, -0.2) is 9.37 Å². The number of hydrogen-bond acceptors (Lipinski definition) is 7. The van der Waals surface area contributed by atoms with Crippen LogP contribution in [0.25, 0.3) is 11.2 Å². The predicted molar refractivity (Wildman–Crippen MR) is 118 cm³/mol. The zero-order valence-corrected chi connectivity index (χ0v) is 17.1. The maximum absolute atomic E-state index is 13.6. The minimum atomic E-state index is -0.422. The van der Waals surface area contributed by atoms with Crippen LogP contribution in [0.15, 0.2) is 54.9 Å². The molecule has 0 saturated heterocycles. The maximum atomic E-state index is 13.6. The Hall–Kier alpha value is -3.72. The van der Waals surface area contributed by atoms with Gasteiger partial charge in [-0.3, -0.25) is 0 Å². The molecule has 1 atom stereocenters. The smallest absolute Gasteiger partial charge is 0.226 e. The van der Waals surface area contributed by atoms with Gasteiger partial charge < -0.3 is 26.0 Å². The number of phenolic OH excluding ortho intramolecular Hbond substituents is 1. The Morgan fingerprint density at radius 2 is 1.94 bits per heavy atom. The lowest BCUT2D eigenvalue weighted by Crippen LogP contribution is -2.26. The Morgan fingerprint density at radius 1 is 1.13 bits per heavy atom. The highest BCUT2D eigenvalue weighted by molar-refractivity contribution is 5.84. The van der Waals surface area contributed by atoms with Crippen LogP contribution >= 0.6 is 0 Å². The summed E-state index contributed by atoms with van der Waals surface area (Å²) < 4.78 is 15.5. The summed E-state index contributed by atoms with van der Waals surface area (Å²) in [5.74, 6) is 0.469. The number of fused-ring (bicyclic) bond motifs is 1. The molecule has 0 spiro atoms. The van der Waals surface area contributed by atoms with Crippen molar-refractivity contribution in [2.24, 2.45) is 5.73 Å². The molecule has 1 unspecified atom stereocenters. The van der Waals surface area contributed by atoms with Gasteiger partial charge in [-0.05, 0) is 30.7 Å². The van der Waals surface area contributed by atoms with Gasteiger partial charge in [-0.15, -0.1) is 0 Å². The first kappa shape index (κ1) is 20.5. The molecule has 4 rings (SSSR count). The molecule has 2 heterocycles. The van der Waals surface area contributed by atoms with Crippen molar-refractivity contribution in [2.45, 2.75) is 26.1 Å². The van der Waals surface area contributed by atoms with Gasteiger partial charge in [0.1, 0.15) is 11.6 Å². The van der Waals surface area contributed by atoms with E-state index in [0.29, 0.717) is 41.6 Å². The molecular weight excluding hydrogens is 397 g/mol. The fourth-order valence-electron chi connectivity index (χ4n) is 3.17. The van der Waals surface area contributed by atoms with Crippen molar-refractivity contribution in [2.75, 3.05) is 17.2 Å². The fraction of sp³-hybridized carbons (Fsp3) is 0.227. The molecule has 0 aliphatic heterocycles. The molecule has 9 heteroatoms. The Morgan fingerprint density at radius 3 is 2.71 bits per heavy atom. The standard InChI is InChI=1S/C22H24FN7O/c1-14(24)10-26-22-28-20(25-11-16-9-17(23)7-8-18(16)31)19-21(29-22)30(13-27-19)12-15-5-3-2-4-6-15/h2-9,13-14,31H,10-12,24H2,1H3,(H2,25,26,28,29). The number of nitrogens with zero attached hydrogens (tertiary/aromatic N) is 4. The summed E-state index contributed by atoms with van der Waals surface area (Å²) in [6.07, 6.45) is 1.71. The van der Waals surface area contributed by atoms with E-state index in [1.54, 1.807) is 6.33 Å². The second-order valence-electron chi connectivity index (χ2n) is 7.41. The van der Waals surface area contributed by atoms with E-state index in [4.69, 9.17) is 5.73 Å². The first-order chi connectivity index (χ1) is 15.0. The van der Waals surface area contributed by atoms with E-state index in [2.05, 4.69) is 25.6 Å². The van der Waals surface area contributed by atoms with E-state index >= 15 is 0 Å². The number of phenols is 1. The van der Waals surface area contributed by atoms with E-state index in [9.17, 15) is 9.50 Å². The van der Waals surface area contributed by atoms with Crippen molar-refractivity contribution in [1.82, 2.24) is 19.5 Å². The predicted octanol–water partition coefficient (Wildman–Crippen LogP) is 3.09. The van der Waals surface area contributed by atoms with E-state index in [1.807, 2.05) is 41.8 Å². The first-order valence-corrected chi connectivity index (χ1v) is 9.97. The lowest BCUT2D eigenvalue weighted by molar-refractivity contribution is 0.466. The molecular formula is C22H24FN7O. The number of hydrogen-bond donors (Lipinski definition) is 4.